The molecule has 0 spiro atoms. The van der Waals surface area contributed by atoms with E-state index in [0.29, 0.717) is 13.1 Å². The maximum absolute atomic E-state index is 11.9. The first kappa shape index (κ1) is 14.2. The van der Waals surface area contributed by atoms with Crippen molar-refractivity contribution in [2.75, 3.05) is 13.7 Å². The third-order valence-electron chi connectivity index (χ3n) is 2.72. The highest BCUT2D eigenvalue weighted by atomic mass is 16.5. The summed E-state index contributed by atoms with van der Waals surface area (Å²) in [4.78, 5) is 24.6. The van der Waals surface area contributed by atoms with E-state index < -0.39 is 0 Å². The van der Waals surface area contributed by atoms with Crippen LogP contribution in [-0.2, 0) is 20.9 Å². The molecule has 1 aromatic rings. The third-order valence-corrected chi connectivity index (χ3v) is 2.72. The summed E-state index contributed by atoms with van der Waals surface area (Å²) in [5.74, 6) is -0.370. The van der Waals surface area contributed by atoms with Crippen LogP contribution < -0.4 is 0 Å². The molecule has 4 nitrogen and oxygen atoms in total. The minimum absolute atomic E-state index is 0.0215. The van der Waals surface area contributed by atoms with Crippen LogP contribution in [0.3, 0.4) is 0 Å². The van der Waals surface area contributed by atoms with Crippen LogP contribution in [0.25, 0.3) is 0 Å². The van der Waals surface area contributed by atoms with Crippen molar-refractivity contribution in [1.82, 2.24) is 4.90 Å². The number of ether oxygens (including phenoxy) is 1. The molecule has 1 rings (SSSR count). The Kier molecular flexibility index (Phi) is 5.91. The highest BCUT2D eigenvalue weighted by molar-refractivity contribution is 5.81. The van der Waals surface area contributed by atoms with Crippen LogP contribution in [0.2, 0.25) is 0 Å². The molecule has 0 heterocycles. The number of benzene rings is 1. The number of carbonyl (C=O) groups excluding carboxylic acids is 2. The molecular weight excluding hydrogens is 230 g/mol. The second-order valence-electron chi connectivity index (χ2n) is 3.97. The average molecular weight is 249 g/mol. The molecule has 1 amide bonds. The minimum atomic E-state index is -0.348. The van der Waals surface area contributed by atoms with E-state index in [9.17, 15) is 9.59 Å². The molecule has 98 valence electrons. The predicted octanol–water partition coefficient (Wildman–Crippen LogP) is 1.99. The first-order chi connectivity index (χ1) is 8.67. The van der Waals surface area contributed by atoms with Crippen LogP contribution in [0, 0.1) is 0 Å². The predicted molar refractivity (Wildman–Crippen MR) is 68.8 cm³/mol. The maximum Gasteiger partial charge on any atom is 0.306 e. The number of esters is 1. The van der Waals surface area contributed by atoms with Gasteiger partial charge in [-0.15, -0.1) is 0 Å². The number of carbonyl (C=O) groups is 2. The van der Waals surface area contributed by atoms with Crippen molar-refractivity contribution in [3.63, 3.8) is 0 Å². The largest absolute Gasteiger partial charge is 0.469 e. The Morgan fingerprint density at radius 2 is 1.83 bits per heavy atom. The van der Waals surface area contributed by atoms with Gasteiger partial charge in [0.2, 0.25) is 5.91 Å². The molecule has 0 bridgehead atoms. The lowest BCUT2D eigenvalue weighted by atomic mass is 10.2. The summed E-state index contributed by atoms with van der Waals surface area (Å²) in [6, 6.07) is 9.80. The van der Waals surface area contributed by atoms with E-state index in [1.165, 1.54) is 7.11 Å². The smallest absolute Gasteiger partial charge is 0.306 e. The number of rotatable bonds is 6. The normalized spacial score (nSPS) is 9.89. The van der Waals surface area contributed by atoms with Gasteiger partial charge in [-0.3, -0.25) is 9.59 Å². The lowest BCUT2D eigenvalue weighted by molar-refractivity contribution is -0.143. The number of hydrogen-bond donors (Lipinski definition) is 0. The standard InChI is InChI=1S/C14H19NO3/c1-3-15(11-12-7-5-4-6-8-12)13(16)9-10-14(17)18-2/h4-8H,3,9-11H2,1-2H3. The fourth-order valence-electron chi connectivity index (χ4n) is 1.65. The highest BCUT2D eigenvalue weighted by Gasteiger charge is 2.13. The van der Waals surface area contributed by atoms with Crippen molar-refractivity contribution in [3.8, 4) is 0 Å². The van der Waals surface area contributed by atoms with Gasteiger partial charge in [0, 0.05) is 19.5 Å². The molecule has 0 aliphatic heterocycles. The molecule has 18 heavy (non-hydrogen) atoms. The van der Waals surface area contributed by atoms with Crippen LogP contribution in [0.5, 0.6) is 0 Å². The van der Waals surface area contributed by atoms with Gasteiger partial charge in [0.25, 0.3) is 0 Å². The van der Waals surface area contributed by atoms with Gasteiger partial charge in [0.15, 0.2) is 0 Å². The molecule has 0 unspecified atom stereocenters. The van der Waals surface area contributed by atoms with Crippen LogP contribution in [0.4, 0.5) is 0 Å². The summed E-state index contributed by atoms with van der Waals surface area (Å²) in [6.07, 6.45) is 0.341. The Morgan fingerprint density at radius 1 is 1.17 bits per heavy atom. The van der Waals surface area contributed by atoms with E-state index in [4.69, 9.17) is 0 Å². The number of nitrogens with zero attached hydrogens (tertiary/aromatic N) is 1. The second-order valence-corrected chi connectivity index (χ2v) is 3.97. The number of amides is 1. The molecule has 0 aliphatic rings. The van der Waals surface area contributed by atoms with Gasteiger partial charge in [-0.05, 0) is 12.5 Å². The molecular formula is C14H19NO3. The average Bonchev–Trinajstić information content (AvgIpc) is 2.42. The van der Waals surface area contributed by atoms with Gasteiger partial charge in [0.05, 0.1) is 13.5 Å². The summed E-state index contributed by atoms with van der Waals surface area (Å²) in [5, 5.41) is 0. The van der Waals surface area contributed by atoms with Gasteiger partial charge in [-0.2, -0.15) is 0 Å². The fraction of sp³-hybridized carbons (Fsp3) is 0.429. The Bertz CT molecular complexity index is 389. The monoisotopic (exact) mass is 249 g/mol. The summed E-state index contributed by atoms with van der Waals surface area (Å²) >= 11 is 0. The van der Waals surface area contributed by atoms with Crippen LogP contribution in [0.15, 0.2) is 30.3 Å². The van der Waals surface area contributed by atoms with Gasteiger partial charge in [-0.25, -0.2) is 0 Å². The summed E-state index contributed by atoms with van der Waals surface area (Å²) in [6.45, 7) is 3.14. The maximum atomic E-state index is 11.9. The lowest BCUT2D eigenvalue weighted by Gasteiger charge is -2.20. The first-order valence-electron chi connectivity index (χ1n) is 6.06. The summed E-state index contributed by atoms with van der Waals surface area (Å²) < 4.78 is 4.52. The molecule has 0 N–H and O–H groups in total. The van der Waals surface area contributed by atoms with Gasteiger partial charge >= 0.3 is 5.97 Å². The number of methoxy groups -OCH3 is 1. The lowest BCUT2D eigenvalue weighted by Crippen LogP contribution is -2.30. The quantitative estimate of drug-likeness (QED) is 0.724. The molecule has 1 aromatic carbocycles. The SMILES string of the molecule is CCN(Cc1ccccc1)C(=O)CCC(=O)OC. The Balaban J connectivity index is 2.50. The van der Waals surface area contributed by atoms with E-state index in [0.717, 1.165) is 5.56 Å². The van der Waals surface area contributed by atoms with E-state index >= 15 is 0 Å². The van der Waals surface area contributed by atoms with Crippen LogP contribution >= 0.6 is 0 Å². The fourth-order valence-corrected chi connectivity index (χ4v) is 1.65. The van der Waals surface area contributed by atoms with Crippen molar-refractivity contribution in [2.45, 2.75) is 26.3 Å². The van der Waals surface area contributed by atoms with E-state index in [2.05, 4.69) is 4.74 Å². The van der Waals surface area contributed by atoms with Crippen molar-refractivity contribution < 1.29 is 14.3 Å². The molecule has 0 fully saturated rings. The van der Waals surface area contributed by atoms with Crippen LogP contribution in [-0.4, -0.2) is 30.4 Å². The third kappa shape index (κ3) is 4.57. The molecule has 0 aliphatic carbocycles. The minimum Gasteiger partial charge on any atom is -0.469 e. The molecule has 0 atom stereocenters. The molecule has 0 radical (unpaired) electrons. The topological polar surface area (TPSA) is 46.6 Å². The molecule has 4 heteroatoms. The Labute approximate surface area is 108 Å². The van der Waals surface area contributed by atoms with Gasteiger partial charge in [-0.1, -0.05) is 30.3 Å². The van der Waals surface area contributed by atoms with Crippen LogP contribution in [0.1, 0.15) is 25.3 Å². The van der Waals surface area contributed by atoms with E-state index in [1.54, 1.807) is 4.90 Å². The van der Waals surface area contributed by atoms with Crippen molar-refractivity contribution in [2.24, 2.45) is 0 Å². The molecule has 0 aromatic heterocycles. The van der Waals surface area contributed by atoms with E-state index in [1.807, 2.05) is 37.3 Å². The second kappa shape index (κ2) is 7.48. The van der Waals surface area contributed by atoms with Gasteiger partial charge in [0.1, 0.15) is 0 Å². The van der Waals surface area contributed by atoms with Crippen molar-refractivity contribution in [3.05, 3.63) is 35.9 Å². The van der Waals surface area contributed by atoms with E-state index in [-0.39, 0.29) is 24.7 Å². The van der Waals surface area contributed by atoms with Crippen molar-refractivity contribution in [1.29, 1.82) is 0 Å². The zero-order valence-corrected chi connectivity index (χ0v) is 10.9. The summed E-state index contributed by atoms with van der Waals surface area (Å²) in [7, 11) is 1.33. The Hall–Kier alpha value is -1.84. The molecule has 0 saturated carbocycles. The number of hydrogen-bond acceptors (Lipinski definition) is 3. The van der Waals surface area contributed by atoms with Crippen molar-refractivity contribution >= 4 is 11.9 Å². The highest BCUT2D eigenvalue weighted by Crippen LogP contribution is 2.07. The van der Waals surface area contributed by atoms with Gasteiger partial charge < -0.3 is 9.64 Å². The summed E-state index contributed by atoms with van der Waals surface area (Å²) in [5.41, 5.74) is 1.09. The zero-order valence-electron chi connectivity index (χ0n) is 10.9. The Morgan fingerprint density at radius 3 is 2.39 bits per heavy atom. The first-order valence-corrected chi connectivity index (χ1v) is 6.06. The zero-order chi connectivity index (χ0) is 13.4. The molecule has 0 saturated heterocycles.